The number of hydrogen-bond donors (Lipinski definition) is 1. The molecule has 6 nitrogen and oxygen atoms in total. The number of fused-ring (bicyclic) bond motifs is 1. The van der Waals surface area contributed by atoms with E-state index in [9.17, 15) is 4.79 Å². The maximum atomic E-state index is 12.6. The summed E-state index contributed by atoms with van der Waals surface area (Å²) in [5.74, 6) is 0.845. The molecule has 4 rings (SSSR count). The molecule has 1 amide bonds. The Morgan fingerprint density at radius 1 is 1.12 bits per heavy atom. The van der Waals surface area contributed by atoms with E-state index in [1.54, 1.807) is 0 Å². The van der Waals surface area contributed by atoms with Crippen molar-refractivity contribution in [3.05, 3.63) is 54.2 Å². The highest BCUT2D eigenvalue weighted by Crippen LogP contribution is 2.24. The van der Waals surface area contributed by atoms with Crippen molar-refractivity contribution in [3.8, 4) is 0 Å². The van der Waals surface area contributed by atoms with Crippen molar-refractivity contribution in [2.45, 2.75) is 19.8 Å². The maximum absolute atomic E-state index is 12.6. The van der Waals surface area contributed by atoms with Gasteiger partial charge in [0.2, 0.25) is 11.9 Å². The van der Waals surface area contributed by atoms with Crippen molar-refractivity contribution in [1.82, 2.24) is 14.6 Å². The van der Waals surface area contributed by atoms with Gasteiger partial charge in [0.25, 0.3) is 0 Å². The first-order valence-corrected chi connectivity index (χ1v) is 8.64. The van der Waals surface area contributed by atoms with E-state index in [2.05, 4.69) is 24.8 Å². The SMILES string of the molecule is Cc1cccc2nnc(N3CCCC(C(=O)Nc4ccccc4)C3)n12. The molecular weight excluding hydrogens is 314 g/mol. The summed E-state index contributed by atoms with van der Waals surface area (Å²) in [7, 11) is 0. The van der Waals surface area contributed by atoms with Crippen LogP contribution in [-0.4, -0.2) is 33.6 Å². The molecule has 1 saturated heterocycles. The molecule has 1 aliphatic heterocycles. The van der Waals surface area contributed by atoms with Gasteiger partial charge in [-0.3, -0.25) is 9.20 Å². The number of para-hydroxylation sites is 1. The summed E-state index contributed by atoms with van der Waals surface area (Å²) in [5.41, 5.74) is 2.77. The van der Waals surface area contributed by atoms with Crippen LogP contribution in [0.4, 0.5) is 11.6 Å². The summed E-state index contributed by atoms with van der Waals surface area (Å²) in [5, 5.41) is 11.6. The van der Waals surface area contributed by atoms with Crippen molar-refractivity contribution in [2.24, 2.45) is 5.92 Å². The molecule has 128 valence electrons. The number of benzene rings is 1. The van der Waals surface area contributed by atoms with Gasteiger partial charge in [-0.1, -0.05) is 24.3 Å². The van der Waals surface area contributed by atoms with E-state index in [0.717, 1.165) is 42.4 Å². The molecule has 2 aromatic heterocycles. The number of piperidine rings is 1. The fraction of sp³-hybridized carbons (Fsp3) is 0.316. The second-order valence-electron chi connectivity index (χ2n) is 6.50. The second kappa shape index (κ2) is 6.55. The molecule has 1 aromatic carbocycles. The number of nitrogens with zero attached hydrogens (tertiary/aromatic N) is 4. The molecule has 0 bridgehead atoms. The number of hydrogen-bond acceptors (Lipinski definition) is 4. The van der Waals surface area contributed by atoms with Gasteiger partial charge in [-0.05, 0) is 44.0 Å². The van der Waals surface area contributed by atoms with E-state index in [-0.39, 0.29) is 11.8 Å². The number of pyridine rings is 1. The van der Waals surface area contributed by atoms with Crippen molar-refractivity contribution >= 4 is 23.2 Å². The summed E-state index contributed by atoms with van der Waals surface area (Å²) in [6.45, 7) is 3.60. The van der Waals surface area contributed by atoms with Crippen LogP contribution in [0.25, 0.3) is 5.65 Å². The van der Waals surface area contributed by atoms with Crippen molar-refractivity contribution in [2.75, 3.05) is 23.3 Å². The van der Waals surface area contributed by atoms with Crippen LogP contribution < -0.4 is 10.2 Å². The number of anilines is 2. The molecule has 1 N–H and O–H groups in total. The summed E-state index contributed by atoms with van der Waals surface area (Å²) in [6, 6.07) is 15.6. The number of rotatable bonds is 3. The zero-order valence-electron chi connectivity index (χ0n) is 14.2. The quantitative estimate of drug-likeness (QED) is 0.799. The van der Waals surface area contributed by atoms with Crippen molar-refractivity contribution in [1.29, 1.82) is 0 Å². The van der Waals surface area contributed by atoms with Crippen LogP contribution in [-0.2, 0) is 4.79 Å². The highest BCUT2D eigenvalue weighted by atomic mass is 16.1. The van der Waals surface area contributed by atoms with Crippen LogP contribution in [0.5, 0.6) is 0 Å². The summed E-state index contributed by atoms with van der Waals surface area (Å²) in [6.07, 6.45) is 1.86. The molecule has 1 unspecified atom stereocenters. The average Bonchev–Trinajstić information content (AvgIpc) is 3.08. The number of carbonyl (C=O) groups excluding carboxylic acids is 1. The predicted molar refractivity (Wildman–Crippen MR) is 97.7 cm³/mol. The zero-order valence-corrected chi connectivity index (χ0v) is 14.2. The van der Waals surface area contributed by atoms with Gasteiger partial charge in [0.1, 0.15) is 0 Å². The number of aromatic nitrogens is 3. The Bertz CT molecular complexity index is 889. The van der Waals surface area contributed by atoms with E-state index >= 15 is 0 Å². The molecule has 0 saturated carbocycles. The van der Waals surface area contributed by atoms with Gasteiger partial charge in [0.15, 0.2) is 5.65 Å². The minimum absolute atomic E-state index is 0.0506. The number of amides is 1. The molecule has 6 heteroatoms. The average molecular weight is 335 g/mol. The van der Waals surface area contributed by atoms with Gasteiger partial charge in [-0.15, -0.1) is 10.2 Å². The van der Waals surface area contributed by atoms with Gasteiger partial charge >= 0.3 is 0 Å². The van der Waals surface area contributed by atoms with Crippen LogP contribution in [0.2, 0.25) is 0 Å². The topological polar surface area (TPSA) is 62.5 Å². The third-order valence-corrected chi connectivity index (χ3v) is 4.72. The molecule has 3 aromatic rings. The molecule has 0 aliphatic carbocycles. The highest BCUT2D eigenvalue weighted by Gasteiger charge is 2.28. The zero-order chi connectivity index (χ0) is 17.2. The first kappa shape index (κ1) is 15.6. The van der Waals surface area contributed by atoms with Gasteiger partial charge in [-0.2, -0.15) is 0 Å². The summed E-state index contributed by atoms with van der Waals surface area (Å²) < 4.78 is 2.05. The molecule has 1 fully saturated rings. The van der Waals surface area contributed by atoms with Crippen LogP contribution >= 0.6 is 0 Å². The monoisotopic (exact) mass is 335 g/mol. The molecule has 1 aliphatic rings. The fourth-order valence-electron chi connectivity index (χ4n) is 3.43. The van der Waals surface area contributed by atoms with Gasteiger partial charge < -0.3 is 10.2 Å². The van der Waals surface area contributed by atoms with E-state index in [1.807, 2.05) is 55.5 Å². The lowest BCUT2D eigenvalue weighted by atomic mass is 9.97. The molecule has 0 radical (unpaired) electrons. The van der Waals surface area contributed by atoms with Crippen LogP contribution in [0, 0.1) is 12.8 Å². The minimum atomic E-state index is -0.0506. The van der Waals surface area contributed by atoms with Crippen LogP contribution in [0.15, 0.2) is 48.5 Å². The lowest BCUT2D eigenvalue weighted by molar-refractivity contribution is -0.120. The molecule has 25 heavy (non-hydrogen) atoms. The molecular formula is C19H21N5O. The molecule has 0 spiro atoms. The Labute approximate surface area is 146 Å². The van der Waals surface area contributed by atoms with Crippen molar-refractivity contribution < 1.29 is 4.79 Å². The standard InChI is InChI=1S/C19H21N5O/c1-14-7-5-11-17-21-22-19(24(14)17)23-12-6-8-15(13-23)18(25)20-16-9-3-2-4-10-16/h2-5,7,9-11,15H,6,8,12-13H2,1H3,(H,20,25). The maximum Gasteiger partial charge on any atom is 0.231 e. The minimum Gasteiger partial charge on any atom is -0.340 e. The second-order valence-corrected chi connectivity index (χ2v) is 6.50. The Kier molecular flexibility index (Phi) is 4.09. The molecule has 1 atom stereocenters. The Morgan fingerprint density at radius 3 is 2.80 bits per heavy atom. The lowest BCUT2D eigenvalue weighted by Gasteiger charge is -2.32. The Hall–Kier alpha value is -2.89. The highest BCUT2D eigenvalue weighted by molar-refractivity contribution is 5.93. The fourth-order valence-corrected chi connectivity index (χ4v) is 3.43. The first-order chi connectivity index (χ1) is 12.2. The number of carbonyl (C=O) groups is 1. The smallest absolute Gasteiger partial charge is 0.231 e. The van der Waals surface area contributed by atoms with E-state index in [0.29, 0.717) is 6.54 Å². The van der Waals surface area contributed by atoms with E-state index in [1.165, 1.54) is 0 Å². The molecule has 3 heterocycles. The third-order valence-electron chi connectivity index (χ3n) is 4.72. The largest absolute Gasteiger partial charge is 0.340 e. The third kappa shape index (κ3) is 3.07. The van der Waals surface area contributed by atoms with Crippen molar-refractivity contribution in [3.63, 3.8) is 0 Å². The number of nitrogens with one attached hydrogen (secondary N) is 1. The van der Waals surface area contributed by atoms with Gasteiger partial charge in [0, 0.05) is 24.5 Å². The summed E-state index contributed by atoms with van der Waals surface area (Å²) >= 11 is 0. The lowest BCUT2D eigenvalue weighted by Crippen LogP contribution is -2.41. The van der Waals surface area contributed by atoms with Crippen LogP contribution in [0.1, 0.15) is 18.5 Å². The number of aryl methyl sites for hydroxylation is 1. The van der Waals surface area contributed by atoms with E-state index in [4.69, 9.17) is 0 Å². The van der Waals surface area contributed by atoms with E-state index < -0.39 is 0 Å². The van der Waals surface area contributed by atoms with Gasteiger partial charge in [-0.25, -0.2) is 0 Å². The van der Waals surface area contributed by atoms with Gasteiger partial charge in [0.05, 0.1) is 5.92 Å². The Morgan fingerprint density at radius 2 is 1.96 bits per heavy atom. The van der Waals surface area contributed by atoms with Crippen LogP contribution in [0.3, 0.4) is 0 Å². The Balaban J connectivity index is 1.53. The first-order valence-electron chi connectivity index (χ1n) is 8.64. The normalized spacial score (nSPS) is 17.6. The summed E-state index contributed by atoms with van der Waals surface area (Å²) in [4.78, 5) is 14.8. The predicted octanol–water partition coefficient (Wildman–Crippen LogP) is 2.89.